The van der Waals surface area contributed by atoms with Gasteiger partial charge in [-0.05, 0) is 25.5 Å². The molecule has 3 amide bonds. The van der Waals surface area contributed by atoms with Gasteiger partial charge in [0.25, 0.3) is 5.56 Å². The summed E-state index contributed by atoms with van der Waals surface area (Å²) in [6.45, 7) is 3.50. The lowest BCUT2D eigenvalue weighted by Gasteiger charge is -2.12. The summed E-state index contributed by atoms with van der Waals surface area (Å²) < 4.78 is 1.17. The van der Waals surface area contributed by atoms with E-state index in [4.69, 9.17) is 0 Å². The molecule has 2 rings (SSSR count). The van der Waals surface area contributed by atoms with Crippen LogP contribution in [0.15, 0.2) is 35.4 Å². The lowest BCUT2D eigenvalue weighted by Crippen LogP contribution is -2.45. The van der Waals surface area contributed by atoms with E-state index in [0.29, 0.717) is 10.9 Å². The third kappa shape index (κ3) is 3.69. The number of para-hydroxylation sites is 1. The Bertz CT molecular complexity index is 754. The first-order valence-electron chi connectivity index (χ1n) is 7.05. The highest BCUT2D eigenvalue weighted by Gasteiger charge is 2.12. The predicted molar refractivity (Wildman–Crippen MR) is 82.4 cm³/mol. The van der Waals surface area contributed by atoms with Crippen LogP contribution >= 0.6 is 0 Å². The number of imide groups is 1. The molecular weight excluding hydrogens is 284 g/mol. The van der Waals surface area contributed by atoms with Gasteiger partial charge in [0, 0.05) is 6.04 Å². The Kier molecular flexibility index (Phi) is 4.88. The number of hydrogen-bond acceptors (Lipinski definition) is 4. The summed E-state index contributed by atoms with van der Waals surface area (Å²) in [5, 5.41) is 5.24. The van der Waals surface area contributed by atoms with Gasteiger partial charge in [-0.1, -0.05) is 19.1 Å². The Morgan fingerprint density at radius 3 is 2.77 bits per heavy atom. The molecule has 1 heterocycles. The molecular formula is C15H18N4O3. The monoisotopic (exact) mass is 302 g/mol. The Morgan fingerprint density at radius 1 is 1.32 bits per heavy atom. The number of urea groups is 1. The molecule has 2 N–H and O–H groups in total. The molecule has 0 radical (unpaired) electrons. The van der Waals surface area contributed by atoms with Crippen LogP contribution in [0.2, 0.25) is 0 Å². The summed E-state index contributed by atoms with van der Waals surface area (Å²) in [5.74, 6) is -0.569. The van der Waals surface area contributed by atoms with Crippen molar-refractivity contribution in [2.45, 2.75) is 32.9 Å². The van der Waals surface area contributed by atoms with Gasteiger partial charge < -0.3 is 5.32 Å². The standard InChI is InChI=1S/C15H18N4O3/c1-3-10(2)17-15(22)18-13(20)8-19-9-16-12-7-5-4-6-11(12)14(19)21/h4-7,9-10H,3,8H2,1-2H3,(H2,17,18,20,22)/t10-/m0/s1. The SMILES string of the molecule is CC[C@H](C)NC(=O)NC(=O)Cn1cnc2ccccc2c1=O. The Balaban J connectivity index is 2.08. The van der Waals surface area contributed by atoms with Crippen LogP contribution in [0.4, 0.5) is 4.79 Å². The lowest BCUT2D eigenvalue weighted by molar-refractivity contribution is -0.120. The molecule has 0 fully saturated rings. The number of hydrogen-bond donors (Lipinski definition) is 2. The van der Waals surface area contributed by atoms with E-state index in [1.807, 2.05) is 13.8 Å². The average Bonchev–Trinajstić information content (AvgIpc) is 2.50. The summed E-state index contributed by atoms with van der Waals surface area (Å²) in [6, 6.07) is 6.29. The highest BCUT2D eigenvalue weighted by atomic mass is 16.2. The second-order valence-electron chi connectivity index (χ2n) is 5.03. The summed E-state index contributed by atoms with van der Waals surface area (Å²) in [7, 11) is 0. The number of nitrogens with one attached hydrogen (secondary N) is 2. The normalized spacial score (nSPS) is 11.9. The van der Waals surface area contributed by atoms with Crippen LogP contribution in [0.3, 0.4) is 0 Å². The minimum atomic E-state index is -0.569. The number of nitrogens with zero attached hydrogens (tertiary/aromatic N) is 2. The van der Waals surface area contributed by atoms with Gasteiger partial charge in [-0.3, -0.25) is 19.5 Å². The van der Waals surface area contributed by atoms with Crippen molar-refractivity contribution in [3.63, 3.8) is 0 Å². The smallest absolute Gasteiger partial charge is 0.321 e. The first-order chi connectivity index (χ1) is 10.5. The first-order valence-corrected chi connectivity index (χ1v) is 7.05. The van der Waals surface area contributed by atoms with Crippen molar-refractivity contribution in [1.82, 2.24) is 20.2 Å². The van der Waals surface area contributed by atoms with E-state index in [-0.39, 0.29) is 18.1 Å². The van der Waals surface area contributed by atoms with Gasteiger partial charge in [-0.2, -0.15) is 0 Å². The summed E-state index contributed by atoms with van der Waals surface area (Å²) in [4.78, 5) is 39.7. The molecule has 0 unspecified atom stereocenters. The third-order valence-corrected chi connectivity index (χ3v) is 3.29. The van der Waals surface area contributed by atoms with Crippen LogP contribution in [-0.4, -0.2) is 27.5 Å². The van der Waals surface area contributed by atoms with E-state index in [1.54, 1.807) is 24.3 Å². The second kappa shape index (κ2) is 6.84. The number of carbonyl (C=O) groups is 2. The van der Waals surface area contributed by atoms with Crippen molar-refractivity contribution in [1.29, 1.82) is 0 Å². The molecule has 0 saturated carbocycles. The minimum Gasteiger partial charge on any atom is -0.335 e. The maximum absolute atomic E-state index is 12.2. The van der Waals surface area contributed by atoms with E-state index < -0.39 is 11.9 Å². The fourth-order valence-electron chi connectivity index (χ4n) is 1.90. The van der Waals surface area contributed by atoms with Crippen LogP contribution in [-0.2, 0) is 11.3 Å². The number of aromatic nitrogens is 2. The molecule has 0 aliphatic rings. The molecule has 0 saturated heterocycles. The van der Waals surface area contributed by atoms with E-state index >= 15 is 0 Å². The molecule has 7 heteroatoms. The van der Waals surface area contributed by atoms with Gasteiger partial charge in [-0.25, -0.2) is 9.78 Å². The number of carbonyl (C=O) groups excluding carboxylic acids is 2. The number of rotatable bonds is 4. The van der Waals surface area contributed by atoms with Crippen LogP contribution in [0.5, 0.6) is 0 Å². The third-order valence-electron chi connectivity index (χ3n) is 3.29. The van der Waals surface area contributed by atoms with Crippen molar-refractivity contribution in [2.75, 3.05) is 0 Å². The Hall–Kier alpha value is -2.70. The zero-order valence-electron chi connectivity index (χ0n) is 12.5. The molecule has 116 valence electrons. The van der Waals surface area contributed by atoms with Gasteiger partial charge in [0.2, 0.25) is 5.91 Å². The molecule has 0 spiro atoms. The van der Waals surface area contributed by atoms with Crippen molar-refractivity contribution < 1.29 is 9.59 Å². The Labute approximate surface area is 127 Å². The first kappa shape index (κ1) is 15.7. The fourth-order valence-corrected chi connectivity index (χ4v) is 1.90. The number of amides is 3. The quantitative estimate of drug-likeness (QED) is 0.882. The second-order valence-corrected chi connectivity index (χ2v) is 5.03. The van der Waals surface area contributed by atoms with Crippen LogP contribution in [0, 0.1) is 0 Å². The van der Waals surface area contributed by atoms with Crippen LogP contribution in [0.1, 0.15) is 20.3 Å². The molecule has 1 aromatic carbocycles. The van der Waals surface area contributed by atoms with E-state index in [9.17, 15) is 14.4 Å². The van der Waals surface area contributed by atoms with Crippen LogP contribution < -0.4 is 16.2 Å². The maximum atomic E-state index is 12.2. The van der Waals surface area contributed by atoms with E-state index in [0.717, 1.165) is 6.42 Å². The molecule has 0 bridgehead atoms. The molecule has 1 aromatic heterocycles. The van der Waals surface area contributed by atoms with E-state index in [1.165, 1.54) is 10.9 Å². The van der Waals surface area contributed by atoms with Gasteiger partial charge in [0.1, 0.15) is 6.54 Å². The molecule has 2 aromatic rings. The zero-order valence-corrected chi connectivity index (χ0v) is 12.5. The maximum Gasteiger partial charge on any atom is 0.321 e. The molecule has 22 heavy (non-hydrogen) atoms. The zero-order chi connectivity index (χ0) is 16.1. The lowest BCUT2D eigenvalue weighted by atomic mass is 10.2. The molecule has 0 aliphatic carbocycles. The van der Waals surface area contributed by atoms with Gasteiger partial charge in [0.15, 0.2) is 0 Å². The number of benzene rings is 1. The molecule has 7 nitrogen and oxygen atoms in total. The van der Waals surface area contributed by atoms with E-state index in [2.05, 4.69) is 15.6 Å². The number of fused-ring (bicyclic) bond motifs is 1. The van der Waals surface area contributed by atoms with Gasteiger partial charge >= 0.3 is 6.03 Å². The highest BCUT2D eigenvalue weighted by Crippen LogP contribution is 2.04. The van der Waals surface area contributed by atoms with Crippen molar-refractivity contribution in [3.8, 4) is 0 Å². The van der Waals surface area contributed by atoms with Crippen LogP contribution in [0.25, 0.3) is 10.9 Å². The topological polar surface area (TPSA) is 93.1 Å². The van der Waals surface area contributed by atoms with Gasteiger partial charge in [-0.15, -0.1) is 0 Å². The molecule has 1 atom stereocenters. The summed E-state index contributed by atoms with van der Waals surface area (Å²) in [5.41, 5.74) is 0.252. The molecule has 0 aliphatic heterocycles. The largest absolute Gasteiger partial charge is 0.335 e. The van der Waals surface area contributed by atoms with Crippen molar-refractivity contribution in [2.24, 2.45) is 0 Å². The van der Waals surface area contributed by atoms with Crippen molar-refractivity contribution >= 4 is 22.8 Å². The van der Waals surface area contributed by atoms with Gasteiger partial charge in [0.05, 0.1) is 17.2 Å². The summed E-state index contributed by atoms with van der Waals surface area (Å²) >= 11 is 0. The predicted octanol–water partition coefficient (Wildman–Crippen LogP) is 1.02. The summed E-state index contributed by atoms with van der Waals surface area (Å²) in [6.07, 6.45) is 2.06. The average molecular weight is 302 g/mol. The van der Waals surface area contributed by atoms with Crippen molar-refractivity contribution in [3.05, 3.63) is 40.9 Å². The minimum absolute atomic E-state index is 0.0298. The highest BCUT2D eigenvalue weighted by molar-refractivity contribution is 5.94. The fraction of sp³-hybridized carbons (Fsp3) is 0.333. The Morgan fingerprint density at radius 2 is 2.05 bits per heavy atom.